The maximum Gasteiger partial charge on any atom is 0.261 e. The summed E-state index contributed by atoms with van der Waals surface area (Å²) in [5, 5.41) is 2.72. The summed E-state index contributed by atoms with van der Waals surface area (Å²) in [7, 11) is -3.64. The molecule has 0 saturated heterocycles. The highest BCUT2D eigenvalue weighted by atomic mass is 32.2. The van der Waals surface area contributed by atoms with E-state index in [-0.39, 0.29) is 10.8 Å². The van der Waals surface area contributed by atoms with Crippen molar-refractivity contribution in [3.8, 4) is 0 Å². The number of carbonyl (C=O) groups is 1. The lowest BCUT2D eigenvalue weighted by Gasteiger charge is -2.14. The first-order valence-electron chi connectivity index (χ1n) is 8.28. The molecule has 0 fully saturated rings. The molecule has 25 heavy (non-hydrogen) atoms. The third-order valence-electron chi connectivity index (χ3n) is 4.00. The van der Waals surface area contributed by atoms with Crippen LogP contribution in [-0.2, 0) is 27.7 Å². The fraction of sp³-hybridized carbons (Fsp3) is 0.316. The average Bonchev–Trinajstić information content (AvgIpc) is 2.57. The molecule has 2 aromatic carbocycles. The summed E-state index contributed by atoms with van der Waals surface area (Å²) in [4.78, 5) is 11.1. The van der Waals surface area contributed by atoms with E-state index in [1.54, 1.807) is 24.3 Å². The highest BCUT2D eigenvalue weighted by Gasteiger charge is 2.17. The van der Waals surface area contributed by atoms with E-state index in [0.29, 0.717) is 18.7 Å². The molecule has 0 aromatic heterocycles. The maximum atomic E-state index is 12.7. The maximum absolute atomic E-state index is 12.7. The molecule has 0 radical (unpaired) electrons. The number of anilines is 1. The first kappa shape index (κ1) is 19.0. The monoisotopic (exact) mass is 360 g/mol. The lowest BCUT2D eigenvalue weighted by Crippen LogP contribution is -2.22. The summed E-state index contributed by atoms with van der Waals surface area (Å²) in [6.07, 6.45) is 1.41. The van der Waals surface area contributed by atoms with Gasteiger partial charge < -0.3 is 5.32 Å². The van der Waals surface area contributed by atoms with Crippen LogP contribution in [0.25, 0.3) is 0 Å². The second-order valence-corrected chi connectivity index (χ2v) is 7.63. The number of aryl methyl sites for hydroxylation is 2. The van der Waals surface area contributed by atoms with Gasteiger partial charge in [-0.15, -0.1) is 0 Å². The summed E-state index contributed by atoms with van der Waals surface area (Å²) in [5.74, 6) is -0.0756. The zero-order chi connectivity index (χ0) is 18.4. The number of hydrogen-bond donors (Lipinski definition) is 2. The van der Waals surface area contributed by atoms with Crippen molar-refractivity contribution in [3.05, 3.63) is 59.2 Å². The van der Waals surface area contributed by atoms with E-state index in [0.717, 1.165) is 23.1 Å². The molecule has 2 N–H and O–H groups in total. The second kappa shape index (κ2) is 8.16. The van der Waals surface area contributed by atoms with E-state index < -0.39 is 10.0 Å². The SMILES string of the molecule is CCc1cccc(C)c1NS(=O)(=O)c1ccc(CCNC(C)=O)cc1. The van der Waals surface area contributed by atoms with Gasteiger partial charge in [0.25, 0.3) is 10.0 Å². The summed E-state index contributed by atoms with van der Waals surface area (Å²) in [6, 6.07) is 12.5. The number of sulfonamides is 1. The Morgan fingerprint density at radius 1 is 1.08 bits per heavy atom. The van der Waals surface area contributed by atoms with Crippen LogP contribution in [0, 0.1) is 6.92 Å². The Hall–Kier alpha value is -2.34. The molecule has 134 valence electrons. The number of nitrogens with one attached hydrogen (secondary N) is 2. The van der Waals surface area contributed by atoms with Gasteiger partial charge in [-0.1, -0.05) is 37.3 Å². The first-order valence-corrected chi connectivity index (χ1v) is 9.76. The molecule has 2 aromatic rings. The van der Waals surface area contributed by atoms with Gasteiger partial charge >= 0.3 is 0 Å². The molecule has 0 aliphatic rings. The van der Waals surface area contributed by atoms with Crippen molar-refractivity contribution in [3.63, 3.8) is 0 Å². The van der Waals surface area contributed by atoms with Gasteiger partial charge in [-0.2, -0.15) is 0 Å². The molecule has 0 heterocycles. The van der Waals surface area contributed by atoms with Gasteiger partial charge in [-0.3, -0.25) is 9.52 Å². The molecule has 0 aliphatic carbocycles. The third kappa shape index (κ3) is 5.06. The van der Waals surface area contributed by atoms with Crippen LogP contribution in [-0.4, -0.2) is 20.9 Å². The molecule has 2 rings (SSSR count). The van der Waals surface area contributed by atoms with Crippen molar-refractivity contribution in [2.75, 3.05) is 11.3 Å². The molecular weight excluding hydrogens is 336 g/mol. The average molecular weight is 360 g/mol. The Kier molecular flexibility index (Phi) is 6.20. The van der Waals surface area contributed by atoms with Gasteiger partial charge in [0.05, 0.1) is 10.6 Å². The molecular formula is C19H24N2O3S. The smallest absolute Gasteiger partial charge is 0.261 e. The number of amides is 1. The largest absolute Gasteiger partial charge is 0.356 e. The molecule has 5 nitrogen and oxygen atoms in total. The molecule has 0 spiro atoms. The predicted molar refractivity (Wildman–Crippen MR) is 100 cm³/mol. The van der Waals surface area contributed by atoms with Gasteiger partial charge in [0.15, 0.2) is 0 Å². The van der Waals surface area contributed by atoms with Gasteiger partial charge in [-0.25, -0.2) is 8.42 Å². The highest BCUT2D eigenvalue weighted by molar-refractivity contribution is 7.92. The van der Waals surface area contributed by atoms with E-state index in [1.807, 2.05) is 32.0 Å². The number of carbonyl (C=O) groups excluding carboxylic acids is 1. The minimum atomic E-state index is -3.64. The van der Waals surface area contributed by atoms with Crippen LogP contribution in [0.3, 0.4) is 0 Å². The summed E-state index contributed by atoms with van der Waals surface area (Å²) < 4.78 is 28.1. The Bertz CT molecular complexity index is 843. The minimum absolute atomic E-state index is 0.0756. The van der Waals surface area contributed by atoms with E-state index in [2.05, 4.69) is 10.0 Å². The van der Waals surface area contributed by atoms with Crippen molar-refractivity contribution in [1.82, 2.24) is 5.32 Å². The van der Waals surface area contributed by atoms with E-state index >= 15 is 0 Å². The van der Waals surface area contributed by atoms with Crippen LogP contribution in [0.15, 0.2) is 47.4 Å². The number of benzene rings is 2. The van der Waals surface area contributed by atoms with Crippen LogP contribution >= 0.6 is 0 Å². The fourth-order valence-electron chi connectivity index (χ4n) is 2.58. The molecule has 0 bridgehead atoms. The highest BCUT2D eigenvalue weighted by Crippen LogP contribution is 2.24. The normalized spacial score (nSPS) is 11.2. The zero-order valence-corrected chi connectivity index (χ0v) is 15.6. The molecule has 0 saturated carbocycles. The number of para-hydroxylation sites is 1. The van der Waals surface area contributed by atoms with Crippen molar-refractivity contribution in [2.24, 2.45) is 0 Å². The Morgan fingerprint density at radius 2 is 1.76 bits per heavy atom. The molecule has 0 aliphatic heterocycles. The van der Waals surface area contributed by atoms with Crippen LogP contribution < -0.4 is 10.0 Å². The van der Waals surface area contributed by atoms with Crippen LogP contribution in [0.4, 0.5) is 5.69 Å². The predicted octanol–water partition coefficient (Wildman–Crippen LogP) is 3.04. The second-order valence-electron chi connectivity index (χ2n) is 5.95. The Morgan fingerprint density at radius 3 is 2.36 bits per heavy atom. The Balaban J connectivity index is 2.16. The van der Waals surface area contributed by atoms with Crippen molar-refractivity contribution in [2.45, 2.75) is 38.5 Å². The van der Waals surface area contributed by atoms with Crippen molar-refractivity contribution >= 4 is 21.6 Å². The van der Waals surface area contributed by atoms with Crippen LogP contribution in [0.1, 0.15) is 30.5 Å². The van der Waals surface area contributed by atoms with Gasteiger partial charge in [0, 0.05) is 13.5 Å². The molecule has 0 atom stereocenters. The minimum Gasteiger partial charge on any atom is -0.356 e. The quantitative estimate of drug-likeness (QED) is 0.797. The van der Waals surface area contributed by atoms with Gasteiger partial charge in [-0.05, 0) is 48.6 Å². The first-order chi connectivity index (χ1) is 11.8. The van der Waals surface area contributed by atoms with E-state index in [9.17, 15) is 13.2 Å². The number of hydrogen-bond acceptors (Lipinski definition) is 3. The van der Waals surface area contributed by atoms with Crippen LogP contribution in [0.2, 0.25) is 0 Å². The molecule has 1 amide bonds. The van der Waals surface area contributed by atoms with E-state index in [4.69, 9.17) is 0 Å². The van der Waals surface area contributed by atoms with E-state index in [1.165, 1.54) is 6.92 Å². The van der Waals surface area contributed by atoms with Gasteiger partial charge in [0.1, 0.15) is 0 Å². The van der Waals surface area contributed by atoms with Gasteiger partial charge in [0.2, 0.25) is 5.91 Å². The lowest BCUT2D eigenvalue weighted by atomic mass is 10.1. The zero-order valence-electron chi connectivity index (χ0n) is 14.8. The van der Waals surface area contributed by atoms with Crippen molar-refractivity contribution < 1.29 is 13.2 Å². The fourth-order valence-corrected chi connectivity index (χ4v) is 3.75. The molecule has 0 unspecified atom stereocenters. The summed E-state index contributed by atoms with van der Waals surface area (Å²) in [6.45, 7) is 5.89. The lowest BCUT2D eigenvalue weighted by molar-refractivity contribution is -0.118. The third-order valence-corrected chi connectivity index (χ3v) is 5.36. The Labute approximate surface area is 149 Å². The number of rotatable bonds is 7. The van der Waals surface area contributed by atoms with Crippen LogP contribution in [0.5, 0.6) is 0 Å². The topological polar surface area (TPSA) is 75.3 Å². The molecule has 6 heteroatoms. The van der Waals surface area contributed by atoms with Crippen molar-refractivity contribution in [1.29, 1.82) is 0 Å². The summed E-state index contributed by atoms with van der Waals surface area (Å²) in [5.41, 5.74) is 3.49. The summed E-state index contributed by atoms with van der Waals surface area (Å²) >= 11 is 0. The standard InChI is InChI=1S/C19H24N2O3S/c1-4-17-7-5-6-14(2)19(17)21-25(23,24)18-10-8-16(9-11-18)12-13-20-15(3)22/h5-11,21H,4,12-13H2,1-3H3,(H,20,22).